The molecule has 0 fully saturated rings. The summed E-state index contributed by atoms with van der Waals surface area (Å²) >= 11 is 3.33. The molecule has 5 nitrogen and oxygen atoms in total. The van der Waals surface area contributed by atoms with Gasteiger partial charge in [-0.3, -0.25) is 9.48 Å². The van der Waals surface area contributed by atoms with Gasteiger partial charge in [0.05, 0.1) is 11.3 Å². The summed E-state index contributed by atoms with van der Waals surface area (Å²) in [5.41, 5.74) is 8.41. The standard InChI is InChI=1S/C13H15BrN4O/c1-3-12-9(7-18(2)17-12)13(19)16-8-4-5-11(15)10(14)6-8/h4-7H,3,15H2,1-2H3,(H,16,19). The molecule has 0 aliphatic heterocycles. The molecule has 0 atom stereocenters. The monoisotopic (exact) mass is 322 g/mol. The molecule has 1 aromatic carbocycles. The van der Waals surface area contributed by atoms with Gasteiger partial charge in [0.25, 0.3) is 5.91 Å². The quantitative estimate of drug-likeness (QED) is 0.853. The van der Waals surface area contributed by atoms with E-state index in [1.165, 1.54) is 0 Å². The van der Waals surface area contributed by atoms with Crippen molar-refractivity contribution < 1.29 is 4.79 Å². The van der Waals surface area contributed by atoms with Gasteiger partial charge in [-0.15, -0.1) is 0 Å². The van der Waals surface area contributed by atoms with Gasteiger partial charge in [-0.2, -0.15) is 5.10 Å². The third kappa shape index (κ3) is 2.96. The van der Waals surface area contributed by atoms with Crippen LogP contribution in [0.1, 0.15) is 23.0 Å². The number of nitrogens with zero attached hydrogens (tertiary/aromatic N) is 2. The van der Waals surface area contributed by atoms with Crippen LogP contribution in [-0.4, -0.2) is 15.7 Å². The minimum absolute atomic E-state index is 0.165. The van der Waals surface area contributed by atoms with Crippen molar-refractivity contribution in [3.8, 4) is 0 Å². The van der Waals surface area contributed by atoms with E-state index in [0.717, 1.165) is 16.6 Å². The van der Waals surface area contributed by atoms with Gasteiger partial charge >= 0.3 is 0 Å². The lowest BCUT2D eigenvalue weighted by Crippen LogP contribution is -2.13. The first-order valence-electron chi connectivity index (χ1n) is 5.90. The Morgan fingerprint density at radius 2 is 2.26 bits per heavy atom. The molecule has 0 aliphatic carbocycles. The Balaban J connectivity index is 2.22. The number of anilines is 2. The van der Waals surface area contributed by atoms with Crippen molar-refractivity contribution >= 4 is 33.2 Å². The van der Waals surface area contributed by atoms with Crippen molar-refractivity contribution in [3.05, 3.63) is 40.1 Å². The van der Waals surface area contributed by atoms with E-state index in [1.54, 1.807) is 36.1 Å². The lowest BCUT2D eigenvalue weighted by Gasteiger charge is -2.06. The van der Waals surface area contributed by atoms with E-state index in [9.17, 15) is 4.79 Å². The highest BCUT2D eigenvalue weighted by Gasteiger charge is 2.14. The minimum atomic E-state index is -0.165. The Hall–Kier alpha value is -1.82. The van der Waals surface area contributed by atoms with Crippen LogP contribution < -0.4 is 11.1 Å². The van der Waals surface area contributed by atoms with Crippen LogP contribution in [0.2, 0.25) is 0 Å². The number of nitrogen functional groups attached to an aromatic ring is 1. The first-order chi connectivity index (χ1) is 9.01. The normalized spacial score (nSPS) is 10.5. The van der Waals surface area contributed by atoms with Gasteiger partial charge in [0.2, 0.25) is 0 Å². The average Bonchev–Trinajstić information content (AvgIpc) is 2.75. The molecule has 0 saturated heterocycles. The Bertz CT molecular complexity index is 621. The summed E-state index contributed by atoms with van der Waals surface area (Å²) in [7, 11) is 1.80. The van der Waals surface area contributed by atoms with Gasteiger partial charge in [-0.1, -0.05) is 6.92 Å². The van der Waals surface area contributed by atoms with Gasteiger partial charge in [-0.05, 0) is 40.5 Å². The predicted octanol–water partition coefficient (Wildman–Crippen LogP) is 2.58. The molecule has 6 heteroatoms. The van der Waals surface area contributed by atoms with Gasteiger partial charge in [0.15, 0.2) is 0 Å². The summed E-state index contributed by atoms with van der Waals surface area (Å²) in [4.78, 5) is 12.2. The largest absolute Gasteiger partial charge is 0.398 e. The molecule has 3 N–H and O–H groups in total. The van der Waals surface area contributed by atoms with Gasteiger partial charge < -0.3 is 11.1 Å². The highest BCUT2D eigenvalue weighted by atomic mass is 79.9. The number of hydrogen-bond acceptors (Lipinski definition) is 3. The van der Waals surface area contributed by atoms with Crippen molar-refractivity contribution in [1.29, 1.82) is 0 Å². The Morgan fingerprint density at radius 3 is 2.89 bits per heavy atom. The third-order valence-corrected chi connectivity index (χ3v) is 3.43. The lowest BCUT2D eigenvalue weighted by molar-refractivity contribution is 0.102. The van der Waals surface area contributed by atoms with Gasteiger partial charge in [0.1, 0.15) is 0 Å². The average molecular weight is 323 g/mol. The highest BCUT2D eigenvalue weighted by Crippen LogP contribution is 2.23. The SMILES string of the molecule is CCc1nn(C)cc1C(=O)Nc1ccc(N)c(Br)c1. The molecular formula is C13H15BrN4O. The second kappa shape index (κ2) is 5.44. The molecule has 0 bridgehead atoms. The topological polar surface area (TPSA) is 72.9 Å². The minimum Gasteiger partial charge on any atom is -0.398 e. The molecule has 1 aromatic heterocycles. The number of carbonyl (C=O) groups excluding carboxylic acids is 1. The number of rotatable bonds is 3. The number of aromatic nitrogens is 2. The summed E-state index contributed by atoms with van der Waals surface area (Å²) in [6.45, 7) is 1.97. The van der Waals surface area contributed by atoms with Crippen LogP contribution in [-0.2, 0) is 13.5 Å². The van der Waals surface area contributed by atoms with Crippen LogP contribution in [0.15, 0.2) is 28.9 Å². The molecule has 1 amide bonds. The summed E-state index contributed by atoms with van der Waals surface area (Å²) in [6, 6.07) is 5.28. The number of nitrogens with two attached hydrogens (primary N) is 1. The summed E-state index contributed by atoms with van der Waals surface area (Å²) in [6.07, 6.45) is 2.44. The second-order valence-electron chi connectivity index (χ2n) is 4.21. The Labute approximate surface area is 119 Å². The van der Waals surface area contributed by atoms with Crippen molar-refractivity contribution in [2.45, 2.75) is 13.3 Å². The molecule has 2 aromatic rings. The van der Waals surface area contributed by atoms with Crippen LogP contribution in [0.4, 0.5) is 11.4 Å². The zero-order valence-electron chi connectivity index (χ0n) is 10.8. The van der Waals surface area contributed by atoms with E-state index in [2.05, 4.69) is 26.3 Å². The fourth-order valence-corrected chi connectivity index (χ4v) is 2.17. The molecule has 0 saturated carbocycles. The molecule has 0 unspecified atom stereocenters. The Morgan fingerprint density at radius 1 is 1.53 bits per heavy atom. The van der Waals surface area contributed by atoms with Crippen LogP contribution in [0.5, 0.6) is 0 Å². The molecule has 2 rings (SSSR count). The molecule has 0 spiro atoms. The van der Waals surface area contributed by atoms with E-state index >= 15 is 0 Å². The van der Waals surface area contributed by atoms with Crippen molar-refractivity contribution in [2.75, 3.05) is 11.1 Å². The van der Waals surface area contributed by atoms with E-state index in [1.807, 2.05) is 6.92 Å². The van der Waals surface area contributed by atoms with Crippen LogP contribution >= 0.6 is 15.9 Å². The van der Waals surface area contributed by atoms with E-state index < -0.39 is 0 Å². The lowest BCUT2D eigenvalue weighted by atomic mass is 10.2. The number of hydrogen-bond donors (Lipinski definition) is 2. The molecular weight excluding hydrogens is 308 g/mol. The number of nitrogens with one attached hydrogen (secondary N) is 1. The third-order valence-electron chi connectivity index (χ3n) is 2.74. The molecule has 1 heterocycles. The molecule has 100 valence electrons. The van der Waals surface area contributed by atoms with Crippen LogP contribution in [0, 0.1) is 0 Å². The van der Waals surface area contributed by atoms with Crippen LogP contribution in [0.3, 0.4) is 0 Å². The zero-order valence-corrected chi connectivity index (χ0v) is 12.4. The first kappa shape index (κ1) is 13.6. The second-order valence-corrected chi connectivity index (χ2v) is 5.06. The van der Waals surface area contributed by atoms with Crippen molar-refractivity contribution in [3.63, 3.8) is 0 Å². The highest BCUT2D eigenvalue weighted by molar-refractivity contribution is 9.10. The van der Waals surface area contributed by atoms with Crippen molar-refractivity contribution in [2.24, 2.45) is 7.05 Å². The number of carbonyl (C=O) groups is 1. The summed E-state index contributed by atoms with van der Waals surface area (Å²) in [5, 5.41) is 7.09. The van der Waals surface area contributed by atoms with E-state index in [0.29, 0.717) is 16.9 Å². The van der Waals surface area contributed by atoms with Crippen LogP contribution in [0.25, 0.3) is 0 Å². The summed E-state index contributed by atoms with van der Waals surface area (Å²) in [5.74, 6) is -0.165. The molecule has 19 heavy (non-hydrogen) atoms. The van der Waals surface area contributed by atoms with Gasteiger partial charge in [0, 0.05) is 29.1 Å². The van der Waals surface area contributed by atoms with Crippen molar-refractivity contribution in [1.82, 2.24) is 9.78 Å². The first-order valence-corrected chi connectivity index (χ1v) is 6.69. The fourth-order valence-electron chi connectivity index (χ4n) is 1.79. The maximum Gasteiger partial charge on any atom is 0.259 e. The zero-order chi connectivity index (χ0) is 14.0. The number of amides is 1. The predicted molar refractivity (Wildman–Crippen MR) is 79.1 cm³/mol. The molecule has 0 radical (unpaired) electrons. The number of halogens is 1. The van der Waals surface area contributed by atoms with E-state index in [-0.39, 0.29) is 5.91 Å². The van der Waals surface area contributed by atoms with E-state index in [4.69, 9.17) is 5.73 Å². The fraction of sp³-hybridized carbons (Fsp3) is 0.231. The smallest absolute Gasteiger partial charge is 0.259 e. The number of aryl methyl sites for hydroxylation is 2. The molecule has 0 aliphatic rings. The summed E-state index contributed by atoms with van der Waals surface area (Å²) < 4.78 is 2.40. The Kier molecular flexibility index (Phi) is 3.90. The maximum absolute atomic E-state index is 12.2. The maximum atomic E-state index is 12.2. The number of benzene rings is 1. The van der Waals surface area contributed by atoms with Gasteiger partial charge in [-0.25, -0.2) is 0 Å².